The van der Waals surface area contributed by atoms with Gasteiger partial charge in [-0.25, -0.2) is 4.98 Å². The van der Waals surface area contributed by atoms with E-state index >= 15 is 0 Å². The fourth-order valence-electron chi connectivity index (χ4n) is 3.28. The van der Waals surface area contributed by atoms with Crippen LogP contribution in [-0.4, -0.2) is 72.1 Å². The molecule has 10 heteroatoms. The molecule has 0 atom stereocenters. The van der Waals surface area contributed by atoms with Gasteiger partial charge in [-0.15, -0.1) is 5.10 Å². The number of hydrogen-bond acceptors (Lipinski definition) is 7. The van der Waals surface area contributed by atoms with Gasteiger partial charge in [0, 0.05) is 39.4 Å². The Morgan fingerprint density at radius 3 is 2.90 bits per heavy atom. The third-order valence-electron chi connectivity index (χ3n) is 4.80. The number of fused-ring (bicyclic) bond motifs is 1. The molecule has 1 aromatic carbocycles. The van der Waals surface area contributed by atoms with Gasteiger partial charge in [0.25, 0.3) is 5.91 Å². The Morgan fingerprint density at radius 1 is 1.38 bits per heavy atom. The Hall–Kier alpha value is -2.20. The van der Waals surface area contributed by atoms with Gasteiger partial charge in [-0.3, -0.25) is 19.3 Å². The first-order valence-electron chi connectivity index (χ1n) is 9.31. The molecule has 1 aliphatic heterocycles. The lowest BCUT2D eigenvalue weighted by atomic mass is 10.3. The summed E-state index contributed by atoms with van der Waals surface area (Å²) in [7, 11) is 3.27. The molecule has 0 N–H and O–H groups in total. The molecule has 1 amide bonds. The number of halogens is 1. The van der Waals surface area contributed by atoms with Crippen LogP contribution in [0.15, 0.2) is 24.4 Å². The summed E-state index contributed by atoms with van der Waals surface area (Å²) in [4.78, 5) is 22.1. The van der Waals surface area contributed by atoms with Crippen LogP contribution in [0.3, 0.4) is 0 Å². The van der Waals surface area contributed by atoms with Crippen molar-refractivity contribution in [2.45, 2.75) is 0 Å². The maximum absolute atomic E-state index is 13.5. The minimum atomic E-state index is -0.196. The zero-order valence-corrected chi connectivity index (χ0v) is 17.9. The summed E-state index contributed by atoms with van der Waals surface area (Å²) in [6.45, 7) is 4.34. The normalized spacial score (nSPS) is 15.0. The number of benzene rings is 1. The number of hydrogen-bond donors (Lipinski definition) is 0. The minimum Gasteiger partial charge on any atom is -0.479 e. The van der Waals surface area contributed by atoms with Crippen LogP contribution in [0.5, 0.6) is 5.88 Å². The Morgan fingerprint density at radius 2 is 2.17 bits per heavy atom. The van der Waals surface area contributed by atoms with Crippen LogP contribution in [0, 0.1) is 0 Å². The van der Waals surface area contributed by atoms with Crippen molar-refractivity contribution in [1.82, 2.24) is 19.7 Å². The van der Waals surface area contributed by atoms with Gasteiger partial charge in [-0.1, -0.05) is 29.0 Å². The quantitative estimate of drug-likeness (QED) is 0.592. The molecule has 2 aromatic heterocycles. The van der Waals surface area contributed by atoms with Crippen molar-refractivity contribution in [1.29, 1.82) is 0 Å². The standard InChI is InChI=1S/C19H22ClN5O3S/c1-23-12-13(17(22-23)27-2)18(26)25(7-6-24-8-10-28-11-9-24)19-21-16-14(20)4-3-5-15(16)29-19/h3-5,12H,6-11H2,1-2H3. The third-order valence-corrected chi connectivity index (χ3v) is 6.15. The first kappa shape index (κ1) is 20.1. The van der Waals surface area contributed by atoms with Gasteiger partial charge < -0.3 is 9.47 Å². The molecule has 3 aromatic rings. The Kier molecular flexibility index (Phi) is 6.00. The molecular weight excluding hydrogens is 414 g/mol. The lowest BCUT2D eigenvalue weighted by Crippen LogP contribution is -2.43. The fourth-order valence-corrected chi connectivity index (χ4v) is 4.57. The van der Waals surface area contributed by atoms with E-state index in [4.69, 9.17) is 21.1 Å². The Labute approximate surface area is 177 Å². The highest BCUT2D eigenvalue weighted by Gasteiger charge is 2.27. The van der Waals surface area contributed by atoms with E-state index in [1.165, 1.54) is 18.4 Å². The maximum Gasteiger partial charge on any atom is 0.267 e. The highest BCUT2D eigenvalue weighted by atomic mass is 35.5. The number of methoxy groups -OCH3 is 1. The lowest BCUT2D eigenvalue weighted by Gasteiger charge is -2.29. The zero-order valence-electron chi connectivity index (χ0n) is 16.3. The highest BCUT2D eigenvalue weighted by Crippen LogP contribution is 2.34. The first-order chi connectivity index (χ1) is 14.1. The summed E-state index contributed by atoms with van der Waals surface area (Å²) in [6.07, 6.45) is 1.67. The first-order valence-corrected chi connectivity index (χ1v) is 10.5. The van der Waals surface area contributed by atoms with Gasteiger partial charge in [-0.2, -0.15) is 0 Å². The van der Waals surface area contributed by atoms with Crippen molar-refractivity contribution in [3.05, 3.63) is 35.0 Å². The number of para-hydroxylation sites is 1. The average molecular weight is 436 g/mol. The maximum atomic E-state index is 13.5. The van der Waals surface area contributed by atoms with E-state index in [1.807, 2.05) is 12.1 Å². The number of aryl methyl sites for hydroxylation is 1. The largest absolute Gasteiger partial charge is 0.479 e. The molecular formula is C19H22ClN5O3S. The number of amides is 1. The molecule has 1 saturated heterocycles. The molecule has 8 nitrogen and oxygen atoms in total. The molecule has 1 fully saturated rings. The number of nitrogens with zero attached hydrogens (tertiary/aromatic N) is 5. The van der Waals surface area contributed by atoms with Crippen molar-refractivity contribution in [2.24, 2.45) is 7.05 Å². The molecule has 3 heterocycles. The van der Waals surface area contributed by atoms with Gasteiger partial charge in [0.15, 0.2) is 5.13 Å². The van der Waals surface area contributed by atoms with Crippen LogP contribution in [0.4, 0.5) is 5.13 Å². The average Bonchev–Trinajstić information content (AvgIpc) is 3.33. The molecule has 0 bridgehead atoms. The van der Waals surface area contributed by atoms with E-state index in [-0.39, 0.29) is 5.91 Å². The van der Waals surface area contributed by atoms with Gasteiger partial charge in [0.05, 0.1) is 30.0 Å². The molecule has 4 rings (SSSR count). The number of aromatic nitrogens is 3. The van der Waals surface area contributed by atoms with Crippen molar-refractivity contribution < 1.29 is 14.3 Å². The molecule has 0 unspecified atom stereocenters. The molecule has 0 radical (unpaired) electrons. The SMILES string of the molecule is COc1nn(C)cc1C(=O)N(CCN1CCOCC1)c1nc2c(Cl)cccc2s1. The Balaban J connectivity index is 1.67. The number of thiazole rings is 1. The second kappa shape index (κ2) is 8.66. The van der Waals surface area contributed by atoms with Crippen LogP contribution in [0.25, 0.3) is 10.2 Å². The van der Waals surface area contributed by atoms with Crippen LogP contribution < -0.4 is 9.64 Å². The topological polar surface area (TPSA) is 72.7 Å². The number of morpholine rings is 1. The highest BCUT2D eigenvalue weighted by molar-refractivity contribution is 7.22. The monoisotopic (exact) mass is 435 g/mol. The molecule has 29 heavy (non-hydrogen) atoms. The smallest absolute Gasteiger partial charge is 0.267 e. The number of ether oxygens (including phenoxy) is 2. The number of anilines is 1. The molecule has 154 valence electrons. The van der Waals surface area contributed by atoms with E-state index in [1.54, 1.807) is 28.9 Å². The fraction of sp³-hybridized carbons (Fsp3) is 0.421. The molecule has 0 saturated carbocycles. The minimum absolute atomic E-state index is 0.196. The van der Waals surface area contributed by atoms with Crippen LogP contribution in [0.2, 0.25) is 5.02 Å². The van der Waals surface area contributed by atoms with Gasteiger partial charge in [0.1, 0.15) is 11.1 Å². The van der Waals surface area contributed by atoms with Crippen LogP contribution in [0.1, 0.15) is 10.4 Å². The lowest BCUT2D eigenvalue weighted by molar-refractivity contribution is 0.0391. The molecule has 0 spiro atoms. The van der Waals surface area contributed by atoms with E-state index in [9.17, 15) is 4.79 Å². The van der Waals surface area contributed by atoms with E-state index in [0.717, 1.165) is 24.3 Å². The van der Waals surface area contributed by atoms with Crippen molar-refractivity contribution >= 4 is 44.2 Å². The van der Waals surface area contributed by atoms with Gasteiger partial charge in [0.2, 0.25) is 5.88 Å². The third kappa shape index (κ3) is 4.23. The summed E-state index contributed by atoms with van der Waals surface area (Å²) < 4.78 is 13.2. The summed E-state index contributed by atoms with van der Waals surface area (Å²) in [5.41, 5.74) is 1.11. The second-order valence-electron chi connectivity index (χ2n) is 6.72. The van der Waals surface area contributed by atoms with E-state index in [2.05, 4.69) is 15.0 Å². The van der Waals surface area contributed by atoms with Gasteiger partial charge in [-0.05, 0) is 12.1 Å². The molecule has 0 aliphatic carbocycles. The second-order valence-corrected chi connectivity index (χ2v) is 8.14. The van der Waals surface area contributed by atoms with E-state index in [0.29, 0.717) is 46.9 Å². The van der Waals surface area contributed by atoms with Crippen LogP contribution >= 0.6 is 22.9 Å². The predicted molar refractivity (Wildman–Crippen MR) is 113 cm³/mol. The summed E-state index contributed by atoms with van der Waals surface area (Å²) >= 11 is 7.75. The molecule has 1 aliphatic rings. The van der Waals surface area contributed by atoms with Crippen molar-refractivity contribution in [2.75, 3.05) is 51.4 Å². The predicted octanol–water partition coefficient (Wildman–Crippen LogP) is 2.67. The van der Waals surface area contributed by atoms with Crippen molar-refractivity contribution in [3.63, 3.8) is 0 Å². The zero-order chi connectivity index (χ0) is 20.4. The Bertz CT molecular complexity index is 1010. The van der Waals surface area contributed by atoms with Crippen molar-refractivity contribution in [3.8, 4) is 5.88 Å². The summed E-state index contributed by atoms with van der Waals surface area (Å²) in [5, 5.41) is 5.40. The van der Waals surface area contributed by atoms with Crippen LogP contribution in [-0.2, 0) is 11.8 Å². The number of carbonyl (C=O) groups is 1. The van der Waals surface area contributed by atoms with E-state index < -0.39 is 0 Å². The van der Waals surface area contributed by atoms with Gasteiger partial charge >= 0.3 is 0 Å². The number of carbonyl (C=O) groups excluding carboxylic acids is 1. The summed E-state index contributed by atoms with van der Waals surface area (Å²) in [5.74, 6) is 0.103. The number of rotatable bonds is 6. The summed E-state index contributed by atoms with van der Waals surface area (Å²) in [6, 6.07) is 5.64.